The number of phenols is 1. The van der Waals surface area contributed by atoms with Crippen LogP contribution in [-0.2, 0) is 112 Å². The van der Waals surface area contributed by atoms with E-state index < -0.39 is 243 Å². The number of carbonyl (C=O) groups excluding carboxylic acids is 17. The number of aliphatic hydroxyl groups is 1. The fourth-order valence-corrected chi connectivity index (χ4v) is 16.9. The highest BCUT2D eigenvalue weighted by Gasteiger charge is 2.47. The van der Waals surface area contributed by atoms with E-state index in [9.17, 15) is 68.1 Å². The maximum Gasteiger partial charge on any atom is 0.323 e. The minimum absolute atomic E-state index is 0.00417. The number of nitrogens with one attached hydrogen (secondary N) is 12. The molecule has 8 rings (SSSR count). The van der Waals surface area contributed by atoms with Gasteiger partial charge in [0.25, 0.3) is 0 Å². The van der Waals surface area contributed by atoms with E-state index in [0.717, 1.165) is 24.5 Å². The molecule has 0 bridgehead atoms. The van der Waals surface area contributed by atoms with E-state index in [1.165, 1.54) is 63.1 Å². The molecule has 732 valence electrons. The number of amides is 17. The number of para-hydroxylation sites is 2. The number of benzene rings is 3. The molecule has 0 saturated carbocycles. The Morgan fingerprint density at radius 3 is 1.72 bits per heavy atom. The van der Waals surface area contributed by atoms with E-state index in [2.05, 4.69) is 63.5 Å². The van der Waals surface area contributed by atoms with E-state index in [0.29, 0.717) is 64.2 Å². The molecule has 2 aromatic heterocycles. The van der Waals surface area contributed by atoms with Crippen molar-refractivity contribution in [3.05, 3.63) is 102 Å². The molecule has 3 aliphatic rings. The molecule has 3 aliphatic heterocycles. The number of likely N-dealkylation sites (N-methyl/N-ethyl adjacent to an activating group) is 3. The van der Waals surface area contributed by atoms with Gasteiger partial charge in [0, 0.05) is 107 Å². The molecule has 0 spiro atoms. The highest BCUT2D eigenvalue weighted by atomic mass is 16.4. The number of unbranched alkanes of at least 4 members (excludes halogenated alkanes) is 2. The van der Waals surface area contributed by atoms with Crippen LogP contribution >= 0.6 is 0 Å². The van der Waals surface area contributed by atoms with Crippen molar-refractivity contribution in [3.63, 3.8) is 0 Å². The quantitative estimate of drug-likeness (QED) is 0.0257. The number of H-pyrrole nitrogens is 1. The topological polar surface area (TPSA) is 641 Å². The van der Waals surface area contributed by atoms with Gasteiger partial charge in [0.1, 0.15) is 96.9 Å². The second kappa shape index (κ2) is 50.1. The summed E-state index contributed by atoms with van der Waals surface area (Å²) in [5, 5.41) is 62.0. The summed E-state index contributed by atoms with van der Waals surface area (Å²) >= 11 is 0. The van der Waals surface area contributed by atoms with Crippen molar-refractivity contribution in [2.24, 2.45) is 34.8 Å². The zero-order valence-electron chi connectivity index (χ0n) is 77.6. The van der Waals surface area contributed by atoms with E-state index in [-0.39, 0.29) is 101 Å². The smallest absolute Gasteiger partial charge is 0.323 e. The van der Waals surface area contributed by atoms with Crippen LogP contribution in [0.4, 0.5) is 0 Å². The Morgan fingerprint density at radius 2 is 1.08 bits per heavy atom. The molecule has 43 heteroatoms. The summed E-state index contributed by atoms with van der Waals surface area (Å²) in [5.41, 5.74) is 25.9. The largest absolute Gasteiger partial charge is 0.508 e. The van der Waals surface area contributed by atoms with Crippen LogP contribution in [0.5, 0.6) is 5.75 Å². The van der Waals surface area contributed by atoms with Crippen LogP contribution in [0.25, 0.3) is 21.8 Å². The third kappa shape index (κ3) is 29.2. The molecule has 134 heavy (non-hydrogen) atoms. The lowest BCUT2D eigenvalue weighted by atomic mass is 9.99. The van der Waals surface area contributed by atoms with Crippen molar-refractivity contribution in [1.29, 1.82) is 0 Å². The lowest BCUT2D eigenvalue weighted by molar-refractivity contribution is -0.149. The summed E-state index contributed by atoms with van der Waals surface area (Å²) in [7, 11) is 3.90. The van der Waals surface area contributed by atoms with Crippen molar-refractivity contribution in [2.75, 3.05) is 67.0 Å². The van der Waals surface area contributed by atoms with Crippen LogP contribution in [0.1, 0.15) is 149 Å². The van der Waals surface area contributed by atoms with E-state index in [4.69, 9.17) is 22.9 Å². The van der Waals surface area contributed by atoms with Gasteiger partial charge in [0.2, 0.25) is 100 Å². The second-order valence-electron chi connectivity index (χ2n) is 35.4. The molecule has 43 nitrogen and oxygen atoms in total. The van der Waals surface area contributed by atoms with Crippen LogP contribution < -0.4 is 81.4 Å². The lowest BCUT2D eigenvalue weighted by Crippen LogP contribution is -2.62. The fourth-order valence-electron chi connectivity index (χ4n) is 16.9. The van der Waals surface area contributed by atoms with E-state index >= 15 is 33.6 Å². The molecule has 0 aliphatic carbocycles. The van der Waals surface area contributed by atoms with Crippen molar-refractivity contribution in [1.82, 2.24) is 92.5 Å². The molecular formula is C91H132N22O21. The first kappa shape index (κ1) is 106. The molecule has 23 N–H and O–H groups in total. The number of aliphatic hydroxyl groups excluding tert-OH is 1. The lowest BCUT2D eigenvalue weighted by Gasteiger charge is -2.36. The summed E-state index contributed by atoms with van der Waals surface area (Å²) in [4.78, 5) is 270. The number of nitrogens with two attached hydrogens (primary N) is 4. The number of primary amides is 2. The predicted molar refractivity (Wildman–Crippen MR) is 490 cm³/mol. The number of aliphatic carboxylic acids is 1. The number of fused-ring (bicyclic) bond motifs is 4. The zero-order chi connectivity index (χ0) is 98.6. The summed E-state index contributed by atoms with van der Waals surface area (Å²) in [6.07, 6.45) is 0.878. The molecule has 1 unspecified atom stereocenters. The Balaban J connectivity index is 1.21. The molecule has 17 amide bonds. The number of carbonyl (C=O) groups is 18. The van der Waals surface area contributed by atoms with Crippen molar-refractivity contribution in [3.8, 4) is 5.75 Å². The Labute approximate surface area is 776 Å². The summed E-state index contributed by atoms with van der Waals surface area (Å²) in [6, 6.07) is -2.35. The van der Waals surface area contributed by atoms with Crippen LogP contribution in [0.15, 0.2) is 85.2 Å². The third-order valence-corrected chi connectivity index (χ3v) is 24.2. The third-order valence-electron chi connectivity index (χ3n) is 24.2. The maximum atomic E-state index is 16.0. The summed E-state index contributed by atoms with van der Waals surface area (Å²) in [5.74, 6) is -18.1. The molecular weight excluding hydrogens is 1740 g/mol. The van der Waals surface area contributed by atoms with E-state index in [1.807, 2.05) is 13.8 Å². The summed E-state index contributed by atoms with van der Waals surface area (Å²) in [6.45, 7) is 7.93. The Bertz CT molecular complexity index is 5040. The molecule has 3 fully saturated rings. The minimum Gasteiger partial charge on any atom is -0.508 e. The Kier molecular flexibility index (Phi) is 39.7. The number of aromatic hydroxyl groups is 1. The van der Waals surface area contributed by atoms with Crippen LogP contribution in [0.3, 0.4) is 0 Å². The molecule has 3 saturated heterocycles. The average Bonchev–Trinajstić information content (AvgIpc) is 1.64. The molecule has 0 radical (unpaired) electrons. The standard InChI is InChI=1S/C91H132N22O21/c1-11-13-23-70-84(127)101-61(34-49(3)4)81(124)107-68(79(122)98-44-75(95)117)43-96-45-76(118)99-64(36-52-27-29-55(114)30-28-52)87(130)108(8)51(7)78(121)103-66(40-74(94)116)89(132)112-33-19-26-71(112)85(128)106-67(41-93)83(126)104-63(35-50(5)6)90(133)113-47-56(115)39-73(113)86(129)102-62(37-53-42-97-59-22-17-15-20-57(53)59)82(125)100-60(31-32-92)80(123)105-65(88(131)110(10)72(24-14-12-2)91(134)109(70)9)38-54-46-111(48-77(119)120)69-25-18-16-21-58(54)69/h15-18,20-22,25,27-30,42,46,49-51,56,60-68,70-73,96-97,114-115H,11-14,19,23-24,26,31-41,43-45,47-48,92-93H2,1-10H3,(H2,94,116)(H2,95,117)(H,98,122)(H,99,118)(H,100,125)(H,101,127)(H,102,129)(H,103,121)(H,104,126)(H,105,123)(H,106,128)(H,107,124)(H,119,120)/t51-,56+,60-,61?,62-,63-,64-,65-,66-,67-,68-,70-,71-,72-,73-/m0/s1. The van der Waals surface area contributed by atoms with Crippen molar-refractivity contribution in [2.45, 2.75) is 248 Å². The molecule has 5 aromatic rings. The Morgan fingerprint density at radius 1 is 0.537 bits per heavy atom. The maximum absolute atomic E-state index is 16.0. The number of aromatic amines is 1. The zero-order valence-corrected chi connectivity index (χ0v) is 77.6. The number of rotatable bonds is 26. The van der Waals surface area contributed by atoms with Gasteiger partial charge in [-0.1, -0.05) is 116 Å². The van der Waals surface area contributed by atoms with Crippen molar-refractivity contribution >= 4 is 128 Å². The van der Waals surface area contributed by atoms with Crippen LogP contribution in [-0.4, -0.2) is 313 Å². The van der Waals surface area contributed by atoms with Gasteiger partial charge in [0.15, 0.2) is 0 Å². The van der Waals surface area contributed by atoms with Crippen LogP contribution in [0.2, 0.25) is 0 Å². The van der Waals surface area contributed by atoms with Gasteiger partial charge >= 0.3 is 5.97 Å². The van der Waals surface area contributed by atoms with Gasteiger partial charge in [-0.3, -0.25) is 86.3 Å². The number of hydrogen-bond acceptors (Lipinski definition) is 23. The molecule has 5 heterocycles. The van der Waals surface area contributed by atoms with Gasteiger partial charge in [-0.05, 0) is 111 Å². The minimum atomic E-state index is -1.77. The highest BCUT2D eigenvalue weighted by Crippen LogP contribution is 2.29. The number of nitrogens with zero attached hydrogens (tertiary/aromatic N) is 6. The van der Waals surface area contributed by atoms with Gasteiger partial charge in [0.05, 0.1) is 25.6 Å². The first-order valence-electron chi connectivity index (χ1n) is 45.5. The highest BCUT2D eigenvalue weighted by molar-refractivity contribution is 6.03. The van der Waals surface area contributed by atoms with Crippen LogP contribution in [0, 0.1) is 11.8 Å². The number of carboxylic acid groups (broad SMARTS) is 1. The van der Waals surface area contributed by atoms with Gasteiger partial charge < -0.3 is 131 Å². The molecule has 15 atom stereocenters. The summed E-state index contributed by atoms with van der Waals surface area (Å²) < 4.78 is 1.44. The number of hydrogen-bond donors (Lipinski definition) is 19. The van der Waals surface area contributed by atoms with Gasteiger partial charge in [-0.25, -0.2) is 0 Å². The normalized spacial score (nSPS) is 24.9. The van der Waals surface area contributed by atoms with Crippen molar-refractivity contribution < 1.29 is 102 Å². The number of aromatic nitrogens is 2. The number of phenolic OH excluding ortho intramolecular Hbond substituents is 1. The van der Waals surface area contributed by atoms with Gasteiger partial charge in [-0.15, -0.1) is 0 Å². The molecule has 3 aromatic carbocycles. The average molecular weight is 1870 g/mol. The second-order valence-corrected chi connectivity index (χ2v) is 35.4. The van der Waals surface area contributed by atoms with Gasteiger partial charge in [-0.2, -0.15) is 0 Å². The van der Waals surface area contributed by atoms with E-state index in [1.54, 1.807) is 82.4 Å². The SMILES string of the molecule is CCCC[C@H]1C(=O)N(C)[C@@H](CCCC)C(=O)NC(CC(C)C)C(=O)N[C@H](C(=O)NCC(N)=O)CNCC(=O)N[C@@H](Cc2ccc(O)cc2)C(=O)N(C)[C@@H](C)C(=O)N[C@@H](CC(N)=O)C(=O)N2CCC[C@H]2C(=O)N[C@@H](CN)C(=O)N[C@@H](CC(C)C)C(=O)N2C[C@H](O)C[C@H]2C(=O)N[C@@H](Cc2c[nH]c3ccccc23)C(=O)N[C@@H](CCN)C(=O)N[C@@H](Cc2cn(CC(=O)O)c3ccccc23)C(=O)N1C. The first-order valence-corrected chi connectivity index (χ1v) is 45.5. The monoisotopic (exact) mass is 1870 g/mol. The predicted octanol–water partition coefficient (Wildman–Crippen LogP) is -3.38. The number of carboxylic acids is 1. The fraction of sp³-hybridized carbons (Fsp3) is 0.560. The Hall–Kier alpha value is -13.2. The first-order chi connectivity index (χ1) is 63.6.